The van der Waals surface area contributed by atoms with Crippen molar-refractivity contribution in [3.05, 3.63) is 24.3 Å². The van der Waals surface area contributed by atoms with Crippen LogP contribution in [-0.2, 0) is 4.79 Å². The summed E-state index contributed by atoms with van der Waals surface area (Å²) in [5.41, 5.74) is 0.542. The van der Waals surface area contributed by atoms with E-state index < -0.39 is 0 Å². The average Bonchev–Trinajstić information content (AvgIpc) is 2.87. The minimum absolute atomic E-state index is 0.0681. The van der Waals surface area contributed by atoms with E-state index in [9.17, 15) is 4.79 Å². The van der Waals surface area contributed by atoms with E-state index in [1.807, 2.05) is 52.0 Å². The molecule has 3 N–H and O–H groups in total. The largest absolute Gasteiger partial charge is 0.497 e. The molecular formula is C16H23N5O2S. The zero-order valence-corrected chi connectivity index (χ0v) is 15.3. The first kappa shape index (κ1) is 18.1. The molecule has 0 fully saturated rings. The average molecular weight is 349 g/mol. The number of rotatable bonds is 5. The normalized spacial score (nSPS) is 12.7. The maximum Gasteiger partial charge on any atom is 0.233 e. The summed E-state index contributed by atoms with van der Waals surface area (Å²) in [6.07, 6.45) is 0. The summed E-state index contributed by atoms with van der Waals surface area (Å²) < 4.78 is 6.53. The molecule has 7 nitrogen and oxygen atoms in total. The Morgan fingerprint density at radius 3 is 2.46 bits per heavy atom. The molecule has 1 heterocycles. The Balaban J connectivity index is 2.13. The number of carbonyl (C=O) groups excluding carboxylic acids is 1. The van der Waals surface area contributed by atoms with Crippen LogP contribution in [0.5, 0.6) is 5.75 Å². The lowest BCUT2D eigenvalue weighted by Gasteiger charge is -2.22. The zero-order valence-electron chi connectivity index (χ0n) is 14.5. The number of methoxy groups -OCH3 is 1. The fourth-order valence-electron chi connectivity index (χ4n) is 1.98. The van der Waals surface area contributed by atoms with E-state index in [1.54, 1.807) is 7.11 Å². The second kappa shape index (κ2) is 7.12. The second-order valence-electron chi connectivity index (χ2n) is 6.40. The van der Waals surface area contributed by atoms with Crippen LogP contribution in [0, 0.1) is 0 Å². The third-order valence-electron chi connectivity index (χ3n) is 3.16. The van der Waals surface area contributed by atoms with E-state index >= 15 is 0 Å². The number of thioether (sulfide) groups is 1. The van der Waals surface area contributed by atoms with Crippen molar-refractivity contribution in [3.8, 4) is 17.1 Å². The number of nitrogens with two attached hydrogens (primary N) is 1. The number of hydrogen-bond acceptors (Lipinski definition) is 6. The van der Waals surface area contributed by atoms with E-state index in [2.05, 4.69) is 15.5 Å². The first-order valence-corrected chi connectivity index (χ1v) is 8.43. The molecule has 0 spiro atoms. The molecular weight excluding hydrogens is 326 g/mol. The Kier molecular flexibility index (Phi) is 5.38. The van der Waals surface area contributed by atoms with Gasteiger partial charge in [-0.05, 0) is 52.0 Å². The van der Waals surface area contributed by atoms with Gasteiger partial charge in [-0.2, -0.15) is 0 Å². The molecule has 0 bridgehead atoms. The molecule has 1 atom stereocenters. The monoisotopic (exact) mass is 349 g/mol. The molecule has 1 aromatic carbocycles. The number of nitrogen functional groups attached to an aromatic ring is 1. The maximum atomic E-state index is 12.2. The molecule has 0 saturated heterocycles. The summed E-state index contributed by atoms with van der Waals surface area (Å²) >= 11 is 1.27. The minimum Gasteiger partial charge on any atom is -0.497 e. The van der Waals surface area contributed by atoms with Crippen LogP contribution in [0.2, 0.25) is 0 Å². The summed E-state index contributed by atoms with van der Waals surface area (Å²) in [5, 5.41) is 11.3. The zero-order chi connectivity index (χ0) is 17.9. The van der Waals surface area contributed by atoms with Crippen molar-refractivity contribution in [2.24, 2.45) is 0 Å². The van der Waals surface area contributed by atoms with Crippen molar-refractivity contribution in [1.29, 1.82) is 0 Å². The lowest BCUT2D eigenvalue weighted by molar-refractivity contribution is -0.121. The van der Waals surface area contributed by atoms with Crippen molar-refractivity contribution < 1.29 is 9.53 Å². The Morgan fingerprint density at radius 2 is 1.92 bits per heavy atom. The van der Waals surface area contributed by atoms with Crippen LogP contribution in [0.1, 0.15) is 27.7 Å². The Hall–Kier alpha value is -2.22. The van der Waals surface area contributed by atoms with Crippen molar-refractivity contribution >= 4 is 17.7 Å². The quantitative estimate of drug-likeness (QED) is 0.634. The van der Waals surface area contributed by atoms with Gasteiger partial charge in [0.25, 0.3) is 0 Å². The predicted octanol–water partition coefficient (Wildman–Crippen LogP) is 2.06. The number of hydrogen-bond donors (Lipinski definition) is 2. The maximum absolute atomic E-state index is 12.2. The van der Waals surface area contributed by atoms with E-state index in [4.69, 9.17) is 10.6 Å². The van der Waals surface area contributed by atoms with Gasteiger partial charge < -0.3 is 15.9 Å². The standard InChI is InChI=1S/C16H23N5O2S/c1-10(14(22)18-16(2,3)4)24-15-20-19-13(21(15)17)11-6-8-12(23-5)9-7-11/h6-10H,17H2,1-5H3,(H,18,22)/t10-/m0/s1. The van der Waals surface area contributed by atoms with Crippen LogP contribution >= 0.6 is 11.8 Å². The minimum atomic E-state index is -0.334. The first-order chi connectivity index (χ1) is 11.2. The fraction of sp³-hybridized carbons (Fsp3) is 0.438. The molecule has 0 aliphatic carbocycles. The van der Waals surface area contributed by atoms with Gasteiger partial charge in [-0.15, -0.1) is 10.2 Å². The highest BCUT2D eigenvalue weighted by Gasteiger charge is 2.23. The SMILES string of the molecule is COc1ccc(-c2nnc(S[C@@H](C)C(=O)NC(C)(C)C)n2N)cc1. The molecule has 0 radical (unpaired) electrons. The van der Waals surface area contributed by atoms with Crippen LogP contribution < -0.4 is 15.9 Å². The number of ether oxygens (including phenoxy) is 1. The van der Waals surface area contributed by atoms with Crippen molar-refractivity contribution in [3.63, 3.8) is 0 Å². The molecule has 0 aliphatic heterocycles. The van der Waals surface area contributed by atoms with Crippen LogP contribution in [-0.4, -0.2) is 38.7 Å². The topological polar surface area (TPSA) is 95.1 Å². The van der Waals surface area contributed by atoms with Gasteiger partial charge in [0.1, 0.15) is 5.75 Å². The highest BCUT2D eigenvalue weighted by molar-refractivity contribution is 8.00. The Morgan fingerprint density at radius 1 is 1.29 bits per heavy atom. The highest BCUT2D eigenvalue weighted by atomic mass is 32.2. The third-order valence-corrected chi connectivity index (χ3v) is 4.22. The summed E-state index contributed by atoms with van der Waals surface area (Å²) in [7, 11) is 1.61. The van der Waals surface area contributed by atoms with Crippen LogP contribution in [0.3, 0.4) is 0 Å². The van der Waals surface area contributed by atoms with Gasteiger partial charge in [0.05, 0.1) is 12.4 Å². The summed E-state index contributed by atoms with van der Waals surface area (Å²) in [4.78, 5) is 12.2. The first-order valence-electron chi connectivity index (χ1n) is 7.55. The number of nitrogens with zero attached hydrogens (tertiary/aromatic N) is 3. The Bertz CT molecular complexity index is 706. The Labute approximate surface area is 145 Å². The molecule has 1 aromatic heterocycles. The van der Waals surface area contributed by atoms with Crippen molar-refractivity contribution in [2.75, 3.05) is 13.0 Å². The number of nitrogens with one attached hydrogen (secondary N) is 1. The summed E-state index contributed by atoms with van der Waals surface area (Å²) in [6.45, 7) is 7.63. The van der Waals surface area contributed by atoms with E-state index in [-0.39, 0.29) is 16.7 Å². The molecule has 24 heavy (non-hydrogen) atoms. The molecule has 0 saturated carbocycles. The molecule has 1 amide bonds. The highest BCUT2D eigenvalue weighted by Crippen LogP contribution is 2.26. The number of carbonyl (C=O) groups is 1. The predicted molar refractivity (Wildman–Crippen MR) is 95.4 cm³/mol. The molecule has 8 heteroatoms. The van der Waals surface area contributed by atoms with Gasteiger partial charge in [0.15, 0.2) is 5.82 Å². The van der Waals surface area contributed by atoms with Gasteiger partial charge in [-0.1, -0.05) is 11.8 Å². The summed E-state index contributed by atoms with van der Waals surface area (Å²) in [5.74, 6) is 7.31. The van der Waals surface area contributed by atoms with Gasteiger partial charge >= 0.3 is 0 Å². The molecule has 0 unspecified atom stereocenters. The number of amides is 1. The second-order valence-corrected chi connectivity index (χ2v) is 7.71. The smallest absolute Gasteiger partial charge is 0.233 e. The lowest BCUT2D eigenvalue weighted by atomic mass is 10.1. The van der Waals surface area contributed by atoms with Crippen molar-refractivity contribution in [1.82, 2.24) is 20.2 Å². The van der Waals surface area contributed by atoms with Gasteiger partial charge in [-0.3, -0.25) is 4.79 Å². The lowest BCUT2D eigenvalue weighted by Crippen LogP contribution is -2.44. The number of aromatic nitrogens is 3. The van der Waals surface area contributed by atoms with E-state index in [1.165, 1.54) is 16.4 Å². The molecule has 0 aliphatic rings. The van der Waals surface area contributed by atoms with Gasteiger partial charge in [0.2, 0.25) is 11.1 Å². The molecule has 2 rings (SSSR count). The van der Waals surface area contributed by atoms with Crippen molar-refractivity contribution in [2.45, 2.75) is 43.6 Å². The van der Waals surface area contributed by atoms with E-state index in [0.717, 1.165) is 11.3 Å². The van der Waals surface area contributed by atoms with Gasteiger partial charge in [0, 0.05) is 11.1 Å². The fourth-order valence-corrected chi connectivity index (χ4v) is 2.75. The molecule has 2 aromatic rings. The summed E-state index contributed by atoms with van der Waals surface area (Å²) in [6, 6.07) is 7.37. The van der Waals surface area contributed by atoms with Crippen LogP contribution in [0.4, 0.5) is 0 Å². The van der Waals surface area contributed by atoms with Gasteiger partial charge in [-0.25, -0.2) is 4.68 Å². The van der Waals surface area contributed by atoms with Crippen LogP contribution in [0.15, 0.2) is 29.4 Å². The number of benzene rings is 1. The van der Waals surface area contributed by atoms with E-state index in [0.29, 0.717) is 11.0 Å². The van der Waals surface area contributed by atoms with Crippen LogP contribution in [0.25, 0.3) is 11.4 Å². The third kappa shape index (κ3) is 4.41. The molecule has 130 valence electrons.